The van der Waals surface area contributed by atoms with Gasteiger partial charge in [-0.25, -0.2) is 0 Å². The molecule has 0 aliphatic heterocycles. The van der Waals surface area contributed by atoms with Crippen molar-refractivity contribution in [2.24, 2.45) is 5.92 Å². The van der Waals surface area contributed by atoms with E-state index in [1.807, 2.05) is 6.92 Å². The van der Waals surface area contributed by atoms with E-state index in [1.54, 1.807) is 0 Å². The van der Waals surface area contributed by atoms with E-state index in [4.69, 9.17) is 5.11 Å². The van der Waals surface area contributed by atoms with Crippen LogP contribution < -0.4 is 5.32 Å². The average molecular weight is 241 g/mol. The van der Waals surface area contributed by atoms with E-state index in [2.05, 4.69) is 5.32 Å². The highest BCUT2D eigenvalue weighted by atomic mass is 16.4. The van der Waals surface area contributed by atoms with Crippen LogP contribution in [0, 0.1) is 5.92 Å². The summed E-state index contributed by atoms with van der Waals surface area (Å²) in [6.45, 7) is 2.69. The molecule has 0 radical (unpaired) electrons. The van der Waals surface area contributed by atoms with Crippen LogP contribution in [0.4, 0.5) is 0 Å². The summed E-state index contributed by atoms with van der Waals surface area (Å²) in [6.07, 6.45) is 11.3. The van der Waals surface area contributed by atoms with Gasteiger partial charge >= 0.3 is 5.97 Å². The Morgan fingerprint density at radius 3 is 2.59 bits per heavy atom. The molecule has 1 rings (SSSR count). The van der Waals surface area contributed by atoms with E-state index >= 15 is 0 Å². The molecule has 1 saturated carbocycles. The normalized spacial score (nSPS) is 19.1. The molecule has 0 aromatic carbocycles. The fourth-order valence-electron chi connectivity index (χ4n) is 2.82. The molecule has 3 nitrogen and oxygen atoms in total. The monoisotopic (exact) mass is 241 g/mol. The molecular weight excluding hydrogens is 214 g/mol. The second kappa shape index (κ2) is 8.51. The Kier molecular flexibility index (Phi) is 7.25. The van der Waals surface area contributed by atoms with Gasteiger partial charge in [0.15, 0.2) is 0 Å². The molecule has 2 N–H and O–H groups in total. The number of unbranched alkanes of at least 4 members (excludes halogenated alkanes) is 1. The number of likely N-dealkylation sites (N-methyl/N-ethyl adjacent to an activating group) is 1. The maximum atomic E-state index is 10.9. The lowest BCUT2D eigenvalue weighted by atomic mass is 9.85. The zero-order valence-corrected chi connectivity index (χ0v) is 11.1. The second-order valence-corrected chi connectivity index (χ2v) is 5.24. The molecule has 0 bridgehead atoms. The lowest BCUT2D eigenvalue weighted by molar-refractivity contribution is -0.139. The molecule has 3 heteroatoms. The van der Waals surface area contributed by atoms with Crippen molar-refractivity contribution in [3.63, 3.8) is 0 Å². The molecule has 1 aliphatic rings. The van der Waals surface area contributed by atoms with Gasteiger partial charge in [0.1, 0.15) is 6.04 Å². The third kappa shape index (κ3) is 6.06. The van der Waals surface area contributed by atoms with Gasteiger partial charge in [-0.1, -0.05) is 58.3 Å². The molecule has 0 spiro atoms. The molecule has 0 saturated heterocycles. The van der Waals surface area contributed by atoms with Gasteiger partial charge in [-0.3, -0.25) is 4.79 Å². The van der Waals surface area contributed by atoms with Crippen molar-refractivity contribution in [1.29, 1.82) is 0 Å². The van der Waals surface area contributed by atoms with Gasteiger partial charge in [0.2, 0.25) is 0 Å². The maximum Gasteiger partial charge on any atom is 0.320 e. The van der Waals surface area contributed by atoms with Gasteiger partial charge in [-0.15, -0.1) is 0 Å². The summed E-state index contributed by atoms with van der Waals surface area (Å²) in [5.74, 6) is 0.218. The summed E-state index contributed by atoms with van der Waals surface area (Å²) in [6, 6.07) is -0.341. The van der Waals surface area contributed by atoms with Gasteiger partial charge in [-0.2, -0.15) is 0 Å². The highest BCUT2D eigenvalue weighted by Gasteiger charge is 2.16. The number of carbonyl (C=O) groups is 1. The van der Waals surface area contributed by atoms with Gasteiger partial charge in [-0.05, 0) is 18.9 Å². The molecule has 1 atom stereocenters. The van der Waals surface area contributed by atoms with Crippen LogP contribution in [0.2, 0.25) is 0 Å². The third-order valence-corrected chi connectivity index (χ3v) is 3.83. The highest BCUT2D eigenvalue weighted by molar-refractivity contribution is 5.73. The minimum absolute atomic E-state index is 0.341. The van der Waals surface area contributed by atoms with Crippen molar-refractivity contribution in [1.82, 2.24) is 5.32 Å². The maximum absolute atomic E-state index is 10.9. The summed E-state index contributed by atoms with van der Waals surface area (Å²) >= 11 is 0. The summed E-state index contributed by atoms with van der Waals surface area (Å²) in [5, 5.41) is 12.0. The largest absolute Gasteiger partial charge is 0.480 e. The lowest BCUT2D eigenvalue weighted by Gasteiger charge is -2.21. The van der Waals surface area contributed by atoms with Crippen LogP contribution in [0.15, 0.2) is 0 Å². The number of carboxylic acid groups (broad SMARTS) is 1. The average Bonchev–Trinajstić information content (AvgIpc) is 2.34. The zero-order valence-electron chi connectivity index (χ0n) is 11.1. The molecule has 100 valence electrons. The number of rotatable bonds is 8. The molecular formula is C14H27NO2. The first-order chi connectivity index (χ1) is 8.24. The van der Waals surface area contributed by atoms with Gasteiger partial charge < -0.3 is 10.4 Å². The Labute approximate surface area is 105 Å². The Bertz CT molecular complexity index is 212. The Balaban J connectivity index is 2.06. The van der Waals surface area contributed by atoms with E-state index in [0.717, 1.165) is 25.3 Å². The van der Waals surface area contributed by atoms with Crippen LogP contribution in [-0.4, -0.2) is 23.7 Å². The molecule has 17 heavy (non-hydrogen) atoms. The molecule has 0 aromatic rings. The Morgan fingerprint density at radius 1 is 1.29 bits per heavy atom. The SMILES string of the molecule is CCNC(CCCCC1CCCCC1)C(=O)O. The van der Waals surface area contributed by atoms with Crippen molar-refractivity contribution >= 4 is 5.97 Å². The standard InChI is InChI=1S/C14H27NO2/c1-2-15-13(14(16)17)11-7-6-10-12-8-4-3-5-9-12/h12-13,15H,2-11H2,1H3,(H,16,17). The predicted molar refractivity (Wildman–Crippen MR) is 70.1 cm³/mol. The van der Waals surface area contributed by atoms with Crippen molar-refractivity contribution < 1.29 is 9.90 Å². The molecule has 1 unspecified atom stereocenters. The topological polar surface area (TPSA) is 49.3 Å². The molecule has 0 amide bonds. The van der Waals surface area contributed by atoms with Gasteiger partial charge in [0.05, 0.1) is 0 Å². The Morgan fingerprint density at radius 2 is 2.00 bits per heavy atom. The Hall–Kier alpha value is -0.570. The number of hydrogen-bond acceptors (Lipinski definition) is 2. The van der Waals surface area contributed by atoms with Crippen molar-refractivity contribution in [2.75, 3.05) is 6.54 Å². The fraction of sp³-hybridized carbons (Fsp3) is 0.929. The van der Waals surface area contributed by atoms with Crippen LogP contribution in [0.25, 0.3) is 0 Å². The summed E-state index contributed by atoms with van der Waals surface area (Å²) < 4.78 is 0. The van der Waals surface area contributed by atoms with Crippen LogP contribution in [0.3, 0.4) is 0 Å². The van der Waals surface area contributed by atoms with Gasteiger partial charge in [0.25, 0.3) is 0 Å². The summed E-state index contributed by atoms with van der Waals surface area (Å²) in [4.78, 5) is 10.9. The number of hydrogen-bond donors (Lipinski definition) is 2. The van der Waals surface area contributed by atoms with E-state index in [-0.39, 0.29) is 6.04 Å². The number of carboxylic acids is 1. The van der Waals surface area contributed by atoms with E-state index in [9.17, 15) is 4.79 Å². The van der Waals surface area contributed by atoms with E-state index in [1.165, 1.54) is 44.9 Å². The van der Waals surface area contributed by atoms with Crippen LogP contribution >= 0.6 is 0 Å². The summed E-state index contributed by atoms with van der Waals surface area (Å²) in [7, 11) is 0. The van der Waals surface area contributed by atoms with Crippen LogP contribution in [-0.2, 0) is 4.79 Å². The fourth-order valence-corrected chi connectivity index (χ4v) is 2.82. The number of nitrogens with one attached hydrogen (secondary N) is 1. The third-order valence-electron chi connectivity index (χ3n) is 3.83. The molecule has 0 aromatic heterocycles. The lowest BCUT2D eigenvalue weighted by Crippen LogP contribution is -2.36. The first kappa shape index (κ1) is 14.5. The summed E-state index contributed by atoms with van der Waals surface area (Å²) in [5.41, 5.74) is 0. The van der Waals surface area contributed by atoms with Crippen LogP contribution in [0.1, 0.15) is 64.7 Å². The van der Waals surface area contributed by atoms with Crippen molar-refractivity contribution in [3.05, 3.63) is 0 Å². The predicted octanol–water partition coefficient (Wildman–Crippen LogP) is 3.19. The van der Waals surface area contributed by atoms with Crippen molar-refractivity contribution in [3.8, 4) is 0 Å². The molecule has 1 aliphatic carbocycles. The van der Waals surface area contributed by atoms with Crippen molar-refractivity contribution in [2.45, 2.75) is 70.8 Å². The quantitative estimate of drug-likeness (QED) is 0.642. The minimum Gasteiger partial charge on any atom is -0.480 e. The number of aliphatic carboxylic acids is 1. The van der Waals surface area contributed by atoms with E-state index < -0.39 is 5.97 Å². The molecule has 0 heterocycles. The second-order valence-electron chi connectivity index (χ2n) is 5.24. The van der Waals surface area contributed by atoms with Crippen LogP contribution in [0.5, 0.6) is 0 Å². The minimum atomic E-state index is -0.704. The van der Waals surface area contributed by atoms with Gasteiger partial charge in [0, 0.05) is 0 Å². The zero-order chi connectivity index (χ0) is 12.5. The first-order valence-electron chi connectivity index (χ1n) is 7.20. The smallest absolute Gasteiger partial charge is 0.320 e. The van der Waals surface area contributed by atoms with E-state index in [0.29, 0.717) is 0 Å². The molecule has 1 fully saturated rings. The highest BCUT2D eigenvalue weighted by Crippen LogP contribution is 2.27. The first-order valence-corrected chi connectivity index (χ1v) is 7.20.